The summed E-state index contributed by atoms with van der Waals surface area (Å²) < 4.78 is 3.21. The van der Waals surface area contributed by atoms with Crippen LogP contribution < -0.4 is 0 Å². The molecule has 0 saturated heterocycles. The van der Waals surface area contributed by atoms with E-state index in [1.165, 1.54) is 6.42 Å². The standard InChI is InChI=1S/C8H12Se/c1-4-8-5-6(2)9-7(8)3/h5H,4H2,1-3H3. The monoisotopic (exact) mass is 188 g/mol. The Hall–Kier alpha value is -0.000519. The van der Waals surface area contributed by atoms with E-state index < -0.39 is 0 Å². The zero-order valence-electron chi connectivity index (χ0n) is 6.19. The Kier molecular flexibility index (Phi) is 2.15. The summed E-state index contributed by atoms with van der Waals surface area (Å²) in [6, 6.07) is 2.34. The van der Waals surface area contributed by atoms with Crippen LogP contribution in [0.2, 0.25) is 0 Å². The van der Waals surface area contributed by atoms with Gasteiger partial charge in [0.1, 0.15) is 0 Å². The third kappa shape index (κ3) is 1.47. The second-order valence-electron chi connectivity index (χ2n) is 2.29. The summed E-state index contributed by atoms with van der Waals surface area (Å²) in [4.78, 5) is 0. The molecule has 1 heteroatoms. The molecule has 0 aromatic carbocycles. The van der Waals surface area contributed by atoms with E-state index in [0.29, 0.717) is 14.5 Å². The average Bonchev–Trinajstić information content (AvgIpc) is 2.10. The zero-order valence-corrected chi connectivity index (χ0v) is 7.91. The third-order valence-electron chi connectivity index (χ3n) is 1.52. The summed E-state index contributed by atoms with van der Waals surface area (Å²) in [7, 11) is 0. The van der Waals surface area contributed by atoms with Crippen molar-refractivity contribution in [1.29, 1.82) is 0 Å². The van der Waals surface area contributed by atoms with Crippen LogP contribution in [0.5, 0.6) is 0 Å². The minimum absolute atomic E-state index is 0.700. The predicted molar refractivity (Wildman–Crippen MR) is 42.2 cm³/mol. The van der Waals surface area contributed by atoms with E-state index in [0.717, 1.165) is 0 Å². The van der Waals surface area contributed by atoms with E-state index in [1.807, 2.05) is 0 Å². The van der Waals surface area contributed by atoms with E-state index in [9.17, 15) is 0 Å². The summed E-state index contributed by atoms with van der Waals surface area (Å²) >= 11 is 0.700. The van der Waals surface area contributed by atoms with Crippen LogP contribution in [0.3, 0.4) is 0 Å². The van der Waals surface area contributed by atoms with E-state index in [4.69, 9.17) is 0 Å². The maximum absolute atomic E-state index is 2.34. The summed E-state index contributed by atoms with van der Waals surface area (Å²) in [5.74, 6) is 0. The van der Waals surface area contributed by atoms with E-state index in [2.05, 4.69) is 26.8 Å². The van der Waals surface area contributed by atoms with Gasteiger partial charge in [-0.3, -0.25) is 0 Å². The fourth-order valence-corrected chi connectivity index (χ4v) is 3.17. The van der Waals surface area contributed by atoms with Crippen molar-refractivity contribution < 1.29 is 0 Å². The first-order valence-electron chi connectivity index (χ1n) is 3.30. The van der Waals surface area contributed by atoms with Crippen LogP contribution in [0.4, 0.5) is 0 Å². The Morgan fingerprint density at radius 1 is 1.44 bits per heavy atom. The Morgan fingerprint density at radius 2 is 2.11 bits per heavy atom. The molecule has 0 aliphatic heterocycles. The van der Waals surface area contributed by atoms with Crippen LogP contribution in [0.25, 0.3) is 0 Å². The topological polar surface area (TPSA) is 0 Å². The molecule has 1 aromatic heterocycles. The molecule has 1 rings (SSSR count). The van der Waals surface area contributed by atoms with Crippen molar-refractivity contribution in [1.82, 2.24) is 0 Å². The predicted octanol–water partition coefficient (Wildman–Crippen LogP) is 1.92. The molecule has 0 fully saturated rings. The molecular formula is C8H12Se. The third-order valence-corrected chi connectivity index (χ3v) is 3.64. The molecule has 0 aliphatic rings. The summed E-state index contributed by atoms with van der Waals surface area (Å²) in [5.41, 5.74) is 1.58. The van der Waals surface area contributed by atoms with Crippen LogP contribution in [0.15, 0.2) is 6.07 Å². The normalized spacial score (nSPS) is 10.1. The fraction of sp³-hybridized carbons (Fsp3) is 0.500. The zero-order chi connectivity index (χ0) is 6.85. The SMILES string of the molecule is CCc1cc(C)[se]c1C. The van der Waals surface area contributed by atoms with Gasteiger partial charge in [-0.2, -0.15) is 0 Å². The second kappa shape index (κ2) is 2.72. The average molecular weight is 187 g/mol. The number of hydrogen-bond acceptors (Lipinski definition) is 0. The van der Waals surface area contributed by atoms with Gasteiger partial charge in [0.25, 0.3) is 0 Å². The van der Waals surface area contributed by atoms with Crippen molar-refractivity contribution in [2.75, 3.05) is 0 Å². The first-order valence-corrected chi connectivity index (χ1v) is 5.01. The Bertz CT molecular complexity index is 198. The molecule has 0 spiro atoms. The molecule has 0 saturated carbocycles. The molecule has 1 heterocycles. The molecule has 0 unspecified atom stereocenters. The maximum atomic E-state index is 2.34. The first kappa shape index (κ1) is 7.11. The Labute approximate surface area is 62.6 Å². The van der Waals surface area contributed by atoms with Crippen molar-refractivity contribution in [3.8, 4) is 0 Å². The molecule has 50 valence electrons. The molecule has 0 bridgehead atoms. The van der Waals surface area contributed by atoms with Crippen molar-refractivity contribution in [3.05, 3.63) is 20.5 Å². The van der Waals surface area contributed by atoms with Gasteiger partial charge in [0.05, 0.1) is 0 Å². The molecule has 0 atom stereocenters. The fourth-order valence-electron chi connectivity index (χ4n) is 1.03. The molecule has 0 radical (unpaired) electrons. The van der Waals surface area contributed by atoms with Crippen LogP contribution in [0.1, 0.15) is 21.4 Å². The molecule has 0 nitrogen and oxygen atoms in total. The van der Waals surface area contributed by atoms with Gasteiger partial charge < -0.3 is 0 Å². The number of rotatable bonds is 1. The second-order valence-corrected chi connectivity index (χ2v) is 5.36. The van der Waals surface area contributed by atoms with Crippen molar-refractivity contribution in [2.45, 2.75) is 27.2 Å². The molecule has 0 aliphatic carbocycles. The van der Waals surface area contributed by atoms with Gasteiger partial charge in [-0.15, -0.1) is 0 Å². The molecule has 1 aromatic rings. The van der Waals surface area contributed by atoms with Gasteiger partial charge in [0.15, 0.2) is 0 Å². The summed E-state index contributed by atoms with van der Waals surface area (Å²) in [6.07, 6.45) is 1.21. The first-order chi connectivity index (χ1) is 4.24. The quantitative estimate of drug-likeness (QED) is 0.589. The summed E-state index contributed by atoms with van der Waals surface area (Å²) in [5, 5.41) is 0. The van der Waals surface area contributed by atoms with Crippen LogP contribution in [0, 0.1) is 13.8 Å². The Balaban J connectivity index is 3.01. The van der Waals surface area contributed by atoms with Crippen molar-refractivity contribution in [3.63, 3.8) is 0 Å². The van der Waals surface area contributed by atoms with Crippen LogP contribution in [-0.2, 0) is 6.42 Å². The van der Waals surface area contributed by atoms with E-state index >= 15 is 0 Å². The minimum atomic E-state index is 0.700. The van der Waals surface area contributed by atoms with Crippen LogP contribution in [-0.4, -0.2) is 14.5 Å². The Morgan fingerprint density at radius 3 is 2.33 bits per heavy atom. The van der Waals surface area contributed by atoms with Crippen LogP contribution >= 0.6 is 0 Å². The molecule has 0 N–H and O–H groups in total. The van der Waals surface area contributed by atoms with Gasteiger partial charge in [0.2, 0.25) is 0 Å². The van der Waals surface area contributed by atoms with Gasteiger partial charge in [-0.25, -0.2) is 0 Å². The van der Waals surface area contributed by atoms with Gasteiger partial charge in [-0.1, -0.05) is 0 Å². The van der Waals surface area contributed by atoms with E-state index in [1.54, 1.807) is 14.4 Å². The van der Waals surface area contributed by atoms with Gasteiger partial charge in [0, 0.05) is 0 Å². The van der Waals surface area contributed by atoms with Crippen molar-refractivity contribution in [2.24, 2.45) is 0 Å². The van der Waals surface area contributed by atoms with Gasteiger partial charge >= 0.3 is 62.2 Å². The van der Waals surface area contributed by atoms with Gasteiger partial charge in [-0.05, 0) is 0 Å². The van der Waals surface area contributed by atoms with Crippen molar-refractivity contribution >= 4 is 14.5 Å². The number of aryl methyl sites for hydroxylation is 3. The molecular weight excluding hydrogens is 175 g/mol. The molecule has 9 heavy (non-hydrogen) atoms. The molecule has 0 amide bonds. The van der Waals surface area contributed by atoms with E-state index in [-0.39, 0.29) is 0 Å². The summed E-state index contributed by atoms with van der Waals surface area (Å²) in [6.45, 7) is 6.71. The number of hydrogen-bond donors (Lipinski definition) is 0.